The first-order valence-electron chi connectivity index (χ1n) is 8.15. The number of hydrogen-bond acceptors (Lipinski definition) is 3. The van der Waals surface area contributed by atoms with Crippen LogP contribution in [0.5, 0.6) is 0 Å². The Labute approximate surface area is 150 Å². The van der Waals surface area contributed by atoms with Crippen LogP contribution in [0.3, 0.4) is 0 Å². The van der Waals surface area contributed by atoms with E-state index < -0.39 is 0 Å². The standard InChI is InChI=1S/C20H20FN3S/c1-14(2)23-20-24(22-12-16-9-5-4-8-15(16)3)19(13-25-20)17-10-6-7-11-18(17)21/h4-14H,1-3H3. The van der Waals surface area contributed by atoms with Gasteiger partial charge in [0, 0.05) is 17.0 Å². The number of thiazole rings is 1. The first kappa shape index (κ1) is 17.3. The van der Waals surface area contributed by atoms with Gasteiger partial charge in [-0.2, -0.15) is 5.10 Å². The second kappa shape index (κ2) is 7.57. The average Bonchev–Trinajstić information content (AvgIpc) is 2.96. The van der Waals surface area contributed by atoms with E-state index in [-0.39, 0.29) is 11.9 Å². The Morgan fingerprint density at radius 3 is 2.52 bits per heavy atom. The lowest BCUT2D eigenvalue weighted by Gasteiger charge is -2.05. The summed E-state index contributed by atoms with van der Waals surface area (Å²) < 4.78 is 16.0. The smallest absolute Gasteiger partial charge is 0.206 e. The SMILES string of the molecule is Cc1ccccc1C=Nn1c(-c2ccccc2F)csc1=NC(C)C. The Morgan fingerprint density at radius 2 is 1.80 bits per heavy atom. The van der Waals surface area contributed by atoms with E-state index in [2.05, 4.69) is 10.1 Å². The highest BCUT2D eigenvalue weighted by Crippen LogP contribution is 2.23. The van der Waals surface area contributed by atoms with Crippen LogP contribution in [0.15, 0.2) is 64.0 Å². The average molecular weight is 353 g/mol. The summed E-state index contributed by atoms with van der Waals surface area (Å²) in [5.41, 5.74) is 3.38. The highest BCUT2D eigenvalue weighted by Gasteiger charge is 2.11. The zero-order valence-corrected chi connectivity index (χ0v) is 15.3. The third kappa shape index (κ3) is 3.94. The fraction of sp³-hybridized carbons (Fsp3) is 0.200. The molecule has 0 N–H and O–H groups in total. The van der Waals surface area contributed by atoms with E-state index in [1.165, 1.54) is 17.4 Å². The van der Waals surface area contributed by atoms with Crippen LogP contribution in [0.1, 0.15) is 25.0 Å². The Bertz CT molecular complexity index is 967. The van der Waals surface area contributed by atoms with Crippen molar-refractivity contribution in [3.8, 4) is 11.3 Å². The number of hydrogen-bond donors (Lipinski definition) is 0. The van der Waals surface area contributed by atoms with Crippen molar-refractivity contribution in [2.75, 3.05) is 0 Å². The fourth-order valence-electron chi connectivity index (χ4n) is 2.43. The molecule has 5 heteroatoms. The van der Waals surface area contributed by atoms with Crippen molar-refractivity contribution in [2.45, 2.75) is 26.8 Å². The molecule has 0 unspecified atom stereocenters. The van der Waals surface area contributed by atoms with Gasteiger partial charge in [-0.3, -0.25) is 4.99 Å². The molecule has 25 heavy (non-hydrogen) atoms. The third-order valence-electron chi connectivity index (χ3n) is 3.70. The predicted octanol–water partition coefficient (Wildman–Crippen LogP) is 4.86. The summed E-state index contributed by atoms with van der Waals surface area (Å²) in [6.45, 7) is 6.06. The van der Waals surface area contributed by atoms with Gasteiger partial charge in [0.1, 0.15) is 5.82 Å². The van der Waals surface area contributed by atoms with Crippen LogP contribution in [-0.4, -0.2) is 16.9 Å². The molecule has 0 radical (unpaired) electrons. The molecule has 0 bridgehead atoms. The predicted molar refractivity (Wildman–Crippen MR) is 103 cm³/mol. The molecule has 128 valence electrons. The normalized spacial score (nSPS) is 12.4. The molecule has 0 saturated heterocycles. The van der Waals surface area contributed by atoms with Crippen LogP contribution in [0, 0.1) is 12.7 Å². The van der Waals surface area contributed by atoms with Gasteiger partial charge in [0.15, 0.2) is 0 Å². The van der Waals surface area contributed by atoms with Gasteiger partial charge >= 0.3 is 0 Å². The topological polar surface area (TPSA) is 29.6 Å². The summed E-state index contributed by atoms with van der Waals surface area (Å²) in [7, 11) is 0. The maximum atomic E-state index is 14.3. The van der Waals surface area contributed by atoms with Crippen molar-refractivity contribution in [3.63, 3.8) is 0 Å². The monoisotopic (exact) mass is 353 g/mol. The van der Waals surface area contributed by atoms with E-state index in [0.29, 0.717) is 11.3 Å². The second-order valence-corrected chi connectivity index (χ2v) is 6.86. The van der Waals surface area contributed by atoms with Gasteiger partial charge in [-0.05, 0) is 44.0 Å². The minimum Gasteiger partial charge on any atom is -0.255 e. The summed E-state index contributed by atoms with van der Waals surface area (Å²) in [4.78, 5) is 5.36. The van der Waals surface area contributed by atoms with Crippen molar-refractivity contribution in [1.82, 2.24) is 4.68 Å². The molecule has 2 aromatic carbocycles. The van der Waals surface area contributed by atoms with Gasteiger partial charge in [0.2, 0.25) is 4.80 Å². The highest BCUT2D eigenvalue weighted by molar-refractivity contribution is 7.07. The molecular weight excluding hydrogens is 333 g/mol. The molecule has 3 nitrogen and oxygen atoms in total. The fourth-order valence-corrected chi connectivity index (χ4v) is 3.39. The number of halogens is 1. The molecule has 0 atom stereocenters. The zero-order chi connectivity index (χ0) is 17.8. The van der Waals surface area contributed by atoms with Crippen LogP contribution >= 0.6 is 11.3 Å². The van der Waals surface area contributed by atoms with Crippen LogP contribution in [0.4, 0.5) is 4.39 Å². The molecule has 3 aromatic rings. The maximum Gasteiger partial charge on any atom is 0.206 e. The largest absolute Gasteiger partial charge is 0.255 e. The van der Waals surface area contributed by atoms with E-state index in [1.807, 2.05) is 56.5 Å². The van der Waals surface area contributed by atoms with Crippen molar-refractivity contribution < 1.29 is 4.39 Å². The quantitative estimate of drug-likeness (QED) is 0.600. The third-order valence-corrected chi connectivity index (χ3v) is 4.53. The van der Waals surface area contributed by atoms with Crippen molar-refractivity contribution in [3.05, 3.63) is 75.7 Å². The number of nitrogens with zero attached hydrogens (tertiary/aromatic N) is 3. The lowest BCUT2D eigenvalue weighted by atomic mass is 10.1. The van der Waals surface area contributed by atoms with Gasteiger partial charge in [0.05, 0.1) is 11.9 Å². The maximum absolute atomic E-state index is 14.3. The number of rotatable bonds is 4. The summed E-state index contributed by atoms with van der Waals surface area (Å²) in [5.74, 6) is -0.267. The van der Waals surface area contributed by atoms with Crippen LogP contribution in [-0.2, 0) is 0 Å². The summed E-state index contributed by atoms with van der Waals surface area (Å²) in [6.07, 6.45) is 1.80. The van der Waals surface area contributed by atoms with Crippen LogP contribution < -0.4 is 4.80 Å². The molecule has 0 amide bonds. The molecule has 0 aliphatic heterocycles. The van der Waals surface area contributed by atoms with Gasteiger partial charge in [-0.1, -0.05) is 36.4 Å². The minimum absolute atomic E-state index is 0.132. The van der Waals surface area contributed by atoms with E-state index >= 15 is 0 Å². The molecular formula is C20H20FN3S. The molecule has 0 saturated carbocycles. The first-order chi connectivity index (χ1) is 12.1. The number of aromatic nitrogens is 1. The van der Waals surface area contributed by atoms with Crippen molar-refractivity contribution in [2.24, 2.45) is 10.1 Å². The molecule has 0 aliphatic rings. The lowest BCUT2D eigenvalue weighted by Crippen LogP contribution is -2.14. The lowest BCUT2D eigenvalue weighted by molar-refractivity contribution is 0.629. The summed E-state index contributed by atoms with van der Waals surface area (Å²) >= 11 is 1.46. The summed E-state index contributed by atoms with van der Waals surface area (Å²) in [5, 5.41) is 6.51. The van der Waals surface area contributed by atoms with E-state index in [1.54, 1.807) is 23.0 Å². The minimum atomic E-state index is -0.267. The molecule has 0 fully saturated rings. The van der Waals surface area contributed by atoms with E-state index in [4.69, 9.17) is 0 Å². The number of aryl methyl sites for hydroxylation is 1. The Hall–Kier alpha value is -2.53. The first-order valence-corrected chi connectivity index (χ1v) is 9.03. The molecule has 3 rings (SSSR count). The highest BCUT2D eigenvalue weighted by atomic mass is 32.1. The van der Waals surface area contributed by atoms with Crippen LogP contribution in [0.2, 0.25) is 0 Å². The van der Waals surface area contributed by atoms with Crippen molar-refractivity contribution >= 4 is 17.6 Å². The Morgan fingerprint density at radius 1 is 1.08 bits per heavy atom. The zero-order valence-electron chi connectivity index (χ0n) is 14.5. The molecule has 1 aromatic heterocycles. The van der Waals surface area contributed by atoms with Gasteiger partial charge in [-0.15, -0.1) is 11.3 Å². The number of benzene rings is 2. The Kier molecular flexibility index (Phi) is 5.24. The van der Waals surface area contributed by atoms with Gasteiger partial charge in [-0.25, -0.2) is 9.07 Å². The summed E-state index contributed by atoms with van der Waals surface area (Å²) in [6, 6.07) is 14.9. The molecule has 0 aliphatic carbocycles. The van der Waals surface area contributed by atoms with Crippen molar-refractivity contribution in [1.29, 1.82) is 0 Å². The van der Waals surface area contributed by atoms with Gasteiger partial charge in [0.25, 0.3) is 0 Å². The van der Waals surface area contributed by atoms with E-state index in [9.17, 15) is 4.39 Å². The van der Waals surface area contributed by atoms with Crippen LogP contribution in [0.25, 0.3) is 11.3 Å². The Balaban J connectivity index is 2.15. The molecule has 0 spiro atoms. The van der Waals surface area contributed by atoms with Gasteiger partial charge < -0.3 is 0 Å². The molecule has 1 heterocycles. The van der Waals surface area contributed by atoms with E-state index in [0.717, 1.165) is 15.9 Å². The second-order valence-electron chi connectivity index (χ2n) is 6.02.